The van der Waals surface area contributed by atoms with Crippen LogP contribution in [0.25, 0.3) is 5.95 Å². The van der Waals surface area contributed by atoms with E-state index in [-0.39, 0.29) is 5.95 Å². The summed E-state index contributed by atoms with van der Waals surface area (Å²) in [7, 11) is 0. The number of halogens is 4. The van der Waals surface area contributed by atoms with Crippen molar-refractivity contribution in [3.05, 3.63) is 34.2 Å². The van der Waals surface area contributed by atoms with Crippen LogP contribution < -0.4 is 0 Å². The number of nitrogens with zero attached hydrogens (tertiary/aromatic N) is 4. The van der Waals surface area contributed by atoms with Gasteiger partial charge < -0.3 is 0 Å². The third-order valence-corrected chi connectivity index (χ3v) is 2.27. The molecule has 4 nitrogen and oxygen atoms in total. The van der Waals surface area contributed by atoms with E-state index in [1.807, 2.05) is 22.6 Å². The number of hydrogen-bond acceptors (Lipinski definition) is 3. The molecule has 2 aromatic rings. The van der Waals surface area contributed by atoms with E-state index in [1.54, 1.807) is 0 Å². The van der Waals surface area contributed by atoms with Gasteiger partial charge in [-0.25, -0.2) is 15.0 Å². The van der Waals surface area contributed by atoms with Crippen molar-refractivity contribution < 1.29 is 13.2 Å². The van der Waals surface area contributed by atoms with Crippen molar-refractivity contribution in [2.45, 2.75) is 6.18 Å². The second kappa shape index (κ2) is 4.00. The smallest absolute Gasteiger partial charge is 0.273 e. The molecule has 16 heavy (non-hydrogen) atoms. The van der Waals surface area contributed by atoms with Gasteiger partial charge in [-0.05, 0) is 28.7 Å². The number of rotatable bonds is 1. The average Bonchev–Trinajstić information content (AvgIpc) is 2.64. The van der Waals surface area contributed by atoms with Crippen LogP contribution >= 0.6 is 22.6 Å². The lowest BCUT2D eigenvalue weighted by molar-refractivity contribution is -0.141. The maximum Gasteiger partial charge on any atom is 0.433 e. The van der Waals surface area contributed by atoms with Gasteiger partial charge in [-0.15, -0.1) is 0 Å². The van der Waals surface area contributed by atoms with Crippen molar-refractivity contribution in [1.82, 2.24) is 19.5 Å². The van der Waals surface area contributed by atoms with Crippen molar-refractivity contribution in [2.75, 3.05) is 0 Å². The molecule has 2 heterocycles. The fourth-order valence-corrected chi connectivity index (χ4v) is 1.46. The molecule has 0 aliphatic carbocycles. The summed E-state index contributed by atoms with van der Waals surface area (Å²) in [5, 5.41) is 0. The van der Waals surface area contributed by atoms with Gasteiger partial charge in [0.15, 0.2) is 0 Å². The zero-order valence-corrected chi connectivity index (χ0v) is 9.77. The first-order valence-corrected chi connectivity index (χ1v) is 5.15. The van der Waals surface area contributed by atoms with Crippen LogP contribution in [-0.2, 0) is 6.18 Å². The van der Waals surface area contributed by atoms with E-state index in [0.29, 0.717) is 3.70 Å². The fraction of sp³-hybridized carbons (Fsp3) is 0.125. The summed E-state index contributed by atoms with van der Waals surface area (Å²) in [6, 6.07) is 0.825. The van der Waals surface area contributed by atoms with Crippen LogP contribution in [0.15, 0.2) is 24.8 Å². The van der Waals surface area contributed by atoms with Crippen molar-refractivity contribution >= 4 is 22.6 Å². The van der Waals surface area contributed by atoms with Crippen LogP contribution in [0.1, 0.15) is 5.69 Å². The van der Waals surface area contributed by atoms with E-state index in [1.165, 1.54) is 17.1 Å². The number of hydrogen-bond donors (Lipinski definition) is 0. The predicted molar refractivity (Wildman–Crippen MR) is 56.9 cm³/mol. The van der Waals surface area contributed by atoms with Gasteiger partial charge in [-0.2, -0.15) is 13.2 Å². The molecule has 0 aromatic carbocycles. The molecule has 0 N–H and O–H groups in total. The normalized spacial score (nSPS) is 11.8. The number of aromatic nitrogens is 4. The highest BCUT2D eigenvalue weighted by atomic mass is 127. The highest BCUT2D eigenvalue weighted by molar-refractivity contribution is 14.1. The molecule has 2 aromatic heterocycles. The zero-order chi connectivity index (χ0) is 11.8. The lowest BCUT2D eigenvalue weighted by Crippen LogP contribution is -2.10. The van der Waals surface area contributed by atoms with Gasteiger partial charge >= 0.3 is 6.18 Å². The molecule has 0 saturated carbocycles. The van der Waals surface area contributed by atoms with E-state index in [0.717, 1.165) is 12.3 Å². The van der Waals surface area contributed by atoms with E-state index in [2.05, 4.69) is 15.0 Å². The Balaban J connectivity index is 2.44. The summed E-state index contributed by atoms with van der Waals surface area (Å²) >= 11 is 1.94. The fourth-order valence-electron chi connectivity index (χ4n) is 1.04. The third-order valence-electron chi connectivity index (χ3n) is 1.72. The average molecular weight is 340 g/mol. The molecule has 0 bridgehead atoms. The molecule has 2 rings (SSSR count). The van der Waals surface area contributed by atoms with E-state index < -0.39 is 11.9 Å². The zero-order valence-electron chi connectivity index (χ0n) is 7.61. The monoisotopic (exact) mass is 340 g/mol. The largest absolute Gasteiger partial charge is 0.433 e. The standard InChI is InChI=1S/C8H4F3IN4/c9-8(10,11)5-1-2-13-7(15-5)16-3-6(12)14-4-16/h1-4H. The van der Waals surface area contributed by atoms with Crippen molar-refractivity contribution in [3.8, 4) is 5.95 Å². The summed E-state index contributed by atoms with van der Waals surface area (Å²) < 4.78 is 39.1. The number of alkyl halides is 3. The van der Waals surface area contributed by atoms with Gasteiger partial charge in [-0.1, -0.05) is 0 Å². The van der Waals surface area contributed by atoms with Crippen molar-refractivity contribution in [3.63, 3.8) is 0 Å². The Morgan fingerprint density at radius 1 is 1.25 bits per heavy atom. The van der Waals surface area contributed by atoms with Crippen LogP contribution in [0.2, 0.25) is 0 Å². The molecule has 0 saturated heterocycles. The summed E-state index contributed by atoms with van der Waals surface area (Å²) in [5.74, 6) is -0.0507. The molecule has 0 fully saturated rings. The SMILES string of the molecule is FC(F)(F)c1ccnc(-n2cnc(I)c2)n1. The van der Waals surface area contributed by atoms with Crippen LogP contribution in [0, 0.1) is 3.70 Å². The van der Waals surface area contributed by atoms with E-state index in [9.17, 15) is 13.2 Å². The highest BCUT2D eigenvalue weighted by Crippen LogP contribution is 2.27. The molecule has 0 amide bonds. The van der Waals surface area contributed by atoms with Crippen LogP contribution in [-0.4, -0.2) is 19.5 Å². The van der Waals surface area contributed by atoms with Crippen molar-refractivity contribution in [1.29, 1.82) is 0 Å². The van der Waals surface area contributed by atoms with Crippen molar-refractivity contribution in [2.24, 2.45) is 0 Å². The Bertz CT molecular complexity index is 508. The summed E-state index contributed by atoms with van der Waals surface area (Å²) in [6.07, 6.45) is -0.503. The van der Waals surface area contributed by atoms with E-state index >= 15 is 0 Å². The quantitative estimate of drug-likeness (QED) is 0.749. The van der Waals surface area contributed by atoms with Crippen LogP contribution in [0.4, 0.5) is 13.2 Å². The Hall–Kier alpha value is -1.19. The number of imidazole rings is 1. The Morgan fingerprint density at radius 2 is 2.00 bits per heavy atom. The minimum atomic E-state index is -4.47. The molecule has 0 spiro atoms. The minimum absolute atomic E-state index is 0.0507. The van der Waals surface area contributed by atoms with Gasteiger partial charge in [0.25, 0.3) is 0 Å². The Kier molecular flexibility index (Phi) is 2.82. The summed E-state index contributed by atoms with van der Waals surface area (Å²) in [5.41, 5.74) is -0.971. The maximum atomic E-state index is 12.4. The Morgan fingerprint density at radius 3 is 2.56 bits per heavy atom. The van der Waals surface area contributed by atoms with E-state index in [4.69, 9.17) is 0 Å². The maximum absolute atomic E-state index is 12.4. The first-order valence-electron chi connectivity index (χ1n) is 4.07. The second-order valence-corrected chi connectivity index (χ2v) is 3.95. The first-order chi connectivity index (χ1) is 7.47. The molecule has 0 unspecified atom stereocenters. The molecule has 0 aliphatic rings. The molecule has 0 radical (unpaired) electrons. The van der Waals surface area contributed by atoms with Gasteiger partial charge in [0.2, 0.25) is 5.95 Å². The summed E-state index contributed by atoms with van der Waals surface area (Å²) in [6.45, 7) is 0. The van der Waals surface area contributed by atoms with Gasteiger partial charge in [0, 0.05) is 12.4 Å². The topological polar surface area (TPSA) is 43.6 Å². The lowest BCUT2D eigenvalue weighted by Gasteiger charge is -2.06. The van der Waals surface area contributed by atoms with Gasteiger partial charge in [0.05, 0.1) is 0 Å². The van der Waals surface area contributed by atoms with Crippen LogP contribution in [0.3, 0.4) is 0 Å². The molecule has 0 atom stereocenters. The van der Waals surface area contributed by atoms with Crippen LogP contribution in [0.5, 0.6) is 0 Å². The first kappa shape index (κ1) is 11.3. The molecule has 0 aliphatic heterocycles. The molecule has 8 heteroatoms. The van der Waals surface area contributed by atoms with Gasteiger partial charge in [0.1, 0.15) is 15.7 Å². The minimum Gasteiger partial charge on any atom is -0.273 e. The molecule has 84 valence electrons. The lowest BCUT2D eigenvalue weighted by atomic mass is 10.4. The molecular weight excluding hydrogens is 336 g/mol. The van der Waals surface area contributed by atoms with Gasteiger partial charge in [-0.3, -0.25) is 4.57 Å². The second-order valence-electron chi connectivity index (χ2n) is 2.84. The Labute approximate surface area is 102 Å². The highest BCUT2D eigenvalue weighted by Gasteiger charge is 2.32. The molecular formula is C8H4F3IN4. The third kappa shape index (κ3) is 2.31. The summed E-state index contributed by atoms with van der Waals surface area (Å²) in [4.78, 5) is 11.0. The predicted octanol–water partition coefficient (Wildman–Crippen LogP) is 2.29.